The van der Waals surface area contributed by atoms with E-state index in [1.54, 1.807) is 7.05 Å². The Morgan fingerprint density at radius 1 is 1.17 bits per heavy atom. The van der Waals surface area contributed by atoms with Gasteiger partial charge < -0.3 is 10.2 Å². The Bertz CT molecular complexity index is 380. The minimum absolute atomic E-state index is 0.0385. The number of nitrogens with zero attached hydrogens (tertiary/aromatic N) is 2. The predicted molar refractivity (Wildman–Crippen MR) is 72.4 cm³/mol. The van der Waals surface area contributed by atoms with Crippen LogP contribution in [0.5, 0.6) is 0 Å². The first-order valence-electron chi connectivity index (χ1n) is 6.52. The second-order valence-corrected chi connectivity index (χ2v) is 4.66. The summed E-state index contributed by atoms with van der Waals surface area (Å²) in [6, 6.07) is 10.5. The molecule has 1 heterocycles. The Morgan fingerprint density at radius 2 is 1.94 bits per heavy atom. The lowest BCUT2D eigenvalue weighted by Gasteiger charge is -2.21. The van der Waals surface area contributed by atoms with Crippen molar-refractivity contribution in [1.82, 2.24) is 15.1 Å². The molecule has 1 aromatic rings. The molecule has 2 rings (SSSR count). The number of carbonyl (C=O) groups is 1. The van der Waals surface area contributed by atoms with Gasteiger partial charge in [0.25, 0.3) is 0 Å². The standard InChI is InChI=1S/C14H21N3O/c1-15-14(18)17-9-5-8-16(10-11-17)12-13-6-3-2-4-7-13/h2-4,6-7H,5,8-12H2,1H3,(H,15,18). The summed E-state index contributed by atoms with van der Waals surface area (Å²) in [5.41, 5.74) is 1.34. The summed E-state index contributed by atoms with van der Waals surface area (Å²) in [6.45, 7) is 4.64. The number of hydrogen-bond donors (Lipinski definition) is 1. The summed E-state index contributed by atoms with van der Waals surface area (Å²) in [5, 5.41) is 2.70. The van der Waals surface area contributed by atoms with Crippen LogP contribution in [-0.2, 0) is 6.54 Å². The maximum Gasteiger partial charge on any atom is 0.317 e. The molecule has 0 atom stereocenters. The molecule has 0 aliphatic carbocycles. The zero-order chi connectivity index (χ0) is 12.8. The average molecular weight is 247 g/mol. The van der Waals surface area contributed by atoms with Gasteiger partial charge in [0.05, 0.1) is 0 Å². The van der Waals surface area contributed by atoms with Crippen LogP contribution in [0.2, 0.25) is 0 Å². The van der Waals surface area contributed by atoms with Crippen LogP contribution in [-0.4, -0.2) is 49.1 Å². The van der Waals surface area contributed by atoms with Gasteiger partial charge in [-0.25, -0.2) is 4.79 Å². The molecule has 4 heteroatoms. The quantitative estimate of drug-likeness (QED) is 0.860. The highest BCUT2D eigenvalue weighted by Crippen LogP contribution is 2.08. The predicted octanol–water partition coefficient (Wildman–Crippen LogP) is 1.53. The molecular weight excluding hydrogens is 226 g/mol. The van der Waals surface area contributed by atoms with Crippen LogP contribution in [0, 0.1) is 0 Å². The zero-order valence-electron chi connectivity index (χ0n) is 10.9. The first-order valence-corrected chi connectivity index (χ1v) is 6.52. The second-order valence-electron chi connectivity index (χ2n) is 4.66. The van der Waals surface area contributed by atoms with E-state index in [0.29, 0.717) is 0 Å². The van der Waals surface area contributed by atoms with Crippen LogP contribution in [0.1, 0.15) is 12.0 Å². The van der Waals surface area contributed by atoms with Crippen molar-refractivity contribution in [3.63, 3.8) is 0 Å². The van der Waals surface area contributed by atoms with Gasteiger partial charge in [0.1, 0.15) is 0 Å². The van der Waals surface area contributed by atoms with Crippen LogP contribution >= 0.6 is 0 Å². The maximum absolute atomic E-state index is 11.6. The van der Waals surface area contributed by atoms with Gasteiger partial charge in [-0.2, -0.15) is 0 Å². The Labute approximate surface area is 109 Å². The Kier molecular flexibility index (Phi) is 4.59. The van der Waals surface area contributed by atoms with Crippen molar-refractivity contribution in [1.29, 1.82) is 0 Å². The molecule has 0 saturated carbocycles. The summed E-state index contributed by atoms with van der Waals surface area (Å²) in [4.78, 5) is 15.9. The van der Waals surface area contributed by atoms with E-state index < -0.39 is 0 Å². The monoisotopic (exact) mass is 247 g/mol. The molecule has 1 saturated heterocycles. The van der Waals surface area contributed by atoms with E-state index in [9.17, 15) is 4.79 Å². The molecule has 0 unspecified atom stereocenters. The highest BCUT2D eigenvalue weighted by Gasteiger charge is 2.17. The first-order chi connectivity index (χ1) is 8.79. The third-order valence-electron chi connectivity index (χ3n) is 3.34. The molecule has 1 fully saturated rings. The summed E-state index contributed by atoms with van der Waals surface area (Å²) >= 11 is 0. The molecular formula is C14H21N3O. The number of carbonyl (C=O) groups excluding carboxylic acids is 1. The van der Waals surface area contributed by atoms with E-state index in [-0.39, 0.29) is 6.03 Å². The Hall–Kier alpha value is -1.55. The van der Waals surface area contributed by atoms with Crippen molar-refractivity contribution in [2.24, 2.45) is 0 Å². The van der Waals surface area contributed by atoms with Gasteiger partial charge in [-0.05, 0) is 12.0 Å². The fraction of sp³-hybridized carbons (Fsp3) is 0.500. The lowest BCUT2D eigenvalue weighted by atomic mass is 10.2. The Morgan fingerprint density at radius 3 is 2.67 bits per heavy atom. The van der Waals surface area contributed by atoms with Gasteiger partial charge >= 0.3 is 6.03 Å². The Balaban J connectivity index is 1.87. The molecule has 1 aliphatic rings. The highest BCUT2D eigenvalue weighted by molar-refractivity contribution is 5.73. The maximum atomic E-state index is 11.6. The third kappa shape index (κ3) is 3.47. The molecule has 1 aliphatic heterocycles. The summed E-state index contributed by atoms with van der Waals surface area (Å²) in [7, 11) is 1.69. The SMILES string of the molecule is CNC(=O)N1CCCN(Cc2ccccc2)CC1. The van der Waals surface area contributed by atoms with Gasteiger partial charge in [-0.3, -0.25) is 4.90 Å². The molecule has 1 aromatic carbocycles. The van der Waals surface area contributed by atoms with Gasteiger partial charge in [0.2, 0.25) is 0 Å². The van der Waals surface area contributed by atoms with Gasteiger partial charge in [-0.15, -0.1) is 0 Å². The minimum atomic E-state index is 0.0385. The van der Waals surface area contributed by atoms with Gasteiger partial charge in [0, 0.05) is 39.8 Å². The van der Waals surface area contributed by atoms with Gasteiger partial charge in [0.15, 0.2) is 0 Å². The first kappa shape index (κ1) is 12.9. The summed E-state index contributed by atoms with van der Waals surface area (Å²) in [5.74, 6) is 0. The van der Waals surface area contributed by atoms with Crippen molar-refractivity contribution in [3.8, 4) is 0 Å². The van der Waals surface area contributed by atoms with Crippen molar-refractivity contribution in [2.45, 2.75) is 13.0 Å². The molecule has 18 heavy (non-hydrogen) atoms. The van der Waals surface area contributed by atoms with E-state index >= 15 is 0 Å². The number of benzene rings is 1. The van der Waals surface area contributed by atoms with Crippen molar-refractivity contribution in [3.05, 3.63) is 35.9 Å². The molecule has 0 radical (unpaired) electrons. The van der Waals surface area contributed by atoms with Crippen LogP contribution < -0.4 is 5.32 Å². The van der Waals surface area contributed by atoms with Crippen LogP contribution in [0.3, 0.4) is 0 Å². The topological polar surface area (TPSA) is 35.6 Å². The highest BCUT2D eigenvalue weighted by atomic mass is 16.2. The molecule has 1 N–H and O–H groups in total. The lowest BCUT2D eigenvalue weighted by molar-refractivity contribution is 0.200. The molecule has 98 valence electrons. The molecule has 0 bridgehead atoms. The second kappa shape index (κ2) is 6.40. The molecule has 2 amide bonds. The number of urea groups is 1. The van der Waals surface area contributed by atoms with E-state index in [0.717, 1.165) is 39.1 Å². The van der Waals surface area contributed by atoms with E-state index in [4.69, 9.17) is 0 Å². The van der Waals surface area contributed by atoms with Crippen molar-refractivity contribution in [2.75, 3.05) is 33.2 Å². The third-order valence-corrected chi connectivity index (χ3v) is 3.34. The fourth-order valence-corrected chi connectivity index (χ4v) is 2.33. The van der Waals surface area contributed by atoms with Crippen LogP contribution in [0.15, 0.2) is 30.3 Å². The summed E-state index contributed by atoms with van der Waals surface area (Å²) in [6.07, 6.45) is 1.04. The number of amides is 2. The van der Waals surface area contributed by atoms with Crippen LogP contribution in [0.4, 0.5) is 4.79 Å². The van der Waals surface area contributed by atoms with Crippen molar-refractivity contribution >= 4 is 6.03 Å². The van der Waals surface area contributed by atoms with Crippen LogP contribution in [0.25, 0.3) is 0 Å². The number of hydrogen-bond acceptors (Lipinski definition) is 2. The van der Waals surface area contributed by atoms with E-state index in [1.165, 1.54) is 5.56 Å². The van der Waals surface area contributed by atoms with E-state index in [1.807, 2.05) is 11.0 Å². The van der Waals surface area contributed by atoms with Crippen molar-refractivity contribution < 1.29 is 4.79 Å². The molecule has 0 spiro atoms. The van der Waals surface area contributed by atoms with Gasteiger partial charge in [-0.1, -0.05) is 30.3 Å². The van der Waals surface area contributed by atoms with E-state index in [2.05, 4.69) is 34.5 Å². The molecule has 0 aromatic heterocycles. The zero-order valence-corrected chi connectivity index (χ0v) is 10.9. The average Bonchev–Trinajstić information content (AvgIpc) is 2.65. The smallest absolute Gasteiger partial charge is 0.317 e. The lowest BCUT2D eigenvalue weighted by Crippen LogP contribution is -2.40. The number of nitrogens with one attached hydrogen (secondary N) is 1. The fourth-order valence-electron chi connectivity index (χ4n) is 2.33. The normalized spacial score (nSPS) is 17.3. The number of rotatable bonds is 2. The molecule has 4 nitrogen and oxygen atoms in total. The summed E-state index contributed by atoms with van der Waals surface area (Å²) < 4.78 is 0. The largest absolute Gasteiger partial charge is 0.341 e. The minimum Gasteiger partial charge on any atom is -0.341 e.